The Labute approximate surface area is 156 Å². The molecule has 0 amide bonds. The molecule has 0 radical (unpaired) electrons. The standard InChI is InChI=1S/C22H29N3O/c1-15(2)12-25(13-16(3)4)14-18-6-8-19(9-7-18)20-10-17(5)24-22(26)21(20)11-23/h6-10,15-16H,12-14H2,1-5H3,(H,24,26). The molecule has 0 aliphatic carbocycles. The van der Waals surface area contributed by atoms with Gasteiger partial charge in [0.25, 0.3) is 5.56 Å². The summed E-state index contributed by atoms with van der Waals surface area (Å²) in [6.45, 7) is 13.9. The monoisotopic (exact) mass is 351 g/mol. The van der Waals surface area contributed by atoms with Crippen molar-refractivity contribution >= 4 is 0 Å². The summed E-state index contributed by atoms with van der Waals surface area (Å²) in [6, 6.07) is 12.1. The van der Waals surface area contributed by atoms with E-state index in [2.05, 4.69) is 49.7 Å². The Morgan fingerprint density at radius 3 is 2.15 bits per heavy atom. The van der Waals surface area contributed by atoms with Crippen LogP contribution in [0, 0.1) is 30.1 Å². The molecule has 0 fully saturated rings. The summed E-state index contributed by atoms with van der Waals surface area (Å²) >= 11 is 0. The quantitative estimate of drug-likeness (QED) is 0.807. The first kappa shape index (κ1) is 19.9. The van der Waals surface area contributed by atoms with E-state index < -0.39 is 0 Å². The van der Waals surface area contributed by atoms with Crippen molar-refractivity contribution < 1.29 is 0 Å². The van der Waals surface area contributed by atoms with E-state index >= 15 is 0 Å². The van der Waals surface area contributed by atoms with Gasteiger partial charge in [0, 0.05) is 30.9 Å². The van der Waals surface area contributed by atoms with Crippen LogP contribution in [0.2, 0.25) is 0 Å². The second-order valence-corrected chi connectivity index (χ2v) is 7.86. The minimum atomic E-state index is -0.327. The molecule has 2 aromatic rings. The first-order chi connectivity index (χ1) is 12.3. The molecule has 138 valence electrons. The van der Waals surface area contributed by atoms with E-state index in [1.807, 2.05) is 31.2 Å². The zero-order valence-electron chi connectivity index (χ0n) is 16.5. The van der Waals surface area contributed by atoms with Crippen LogP contribution in [-0.2, 0) is 6.54 Å². The highest BCUT2D eigenvalue weighted by atomic mass is 16.1. The molecule has 4 heteroatoms. The molecule has 1 aromatic heterocycles. The van der Waals surface area contributed by atoms with Gasteiger partial charge >= 0.3 is 0 Å². The minimum absolute atomic E-state index is 0.171. The van der Waals surface area contributed by atoms with E-state index in [4.69, 9.17) is 0 Å². The topological polar surface area (TPSA) is 59.9 Å². The van der Waals surface area contributed by atoms with Crippen LogP contribution in [0.25, 0.3) is 11.1 Å². The molecule has 0 aliphatic rings. The van der Waals surface area contributed by atoms with Gasteiger partial charge in [0.05, 0.1) is 0 Å². The van der Waals surface area contributed by atoms with Crippen LogP contribution in [0.15, 0.2) is 35.1 Å². The van der Waals surface area contributed by atoms with E-state index in [-0.39, 0.29) is 11.1 Å². The van der Waals surface area contributed by atoms with Gasteiger partial charge in [-0.1, -0.05) is 52.0 Å². The number of nitrogens with one attached hydrogen (secondary N) is 1. The molecular formula is C22H29N3O. The molecule has 2 rings (SSSR count). The highest BCUT2D eigenvalue weighted by Crippen LogP contribution is 2.23. The van der Waals surface area contributed by atoms with Gasteiger partial charge in [-0.15, -0.1) is 0 Å². The molecule has 0 bridgehead atoms. The Balaban J connectivity index is 2.26. The van der Waals surface area contributed by atoms with E-state index in [1.165, 1.54) is 5.56 Å². The Bertz CT molecular complexity index is 816. The van der Waals surface area contributed by atoms with Crippen molar-refractivity contribution in [1.82, 2.24) is 9.88 Å². The molecule has 0 unspecified atom stereocenters. The fraction of sp³-hybridized carbons (Fsp3) is 0.455. The third-order valence-corrected chi connectivity index (χ3v) is 4.20. The van der Waals surface area contributed by atoms with Crippen molar-refractivity contribution in [2.75, 3.05) is 13.1 Å². The second-order valence-electron chi connectivity index (χ2n) is 7.86. The van der Waals surface area contributed by atoms with Crippen molar-refractivity contribution in [1.29, 1.82) is 5.26 Å². The van der Waals surface area contributed by atoms with Gasteiger partial charge in [0.2, 0.25) is 0 Å². The zero-order chi connectivity index (χ0) is 19.3. The molecule has 1 heterocycles. The number of aromatic nitrogens is 1. The fourth-order valence-electron chi connectivity index (χ4n) is 3.31. The average Bonchev–Trinajstić information content (AvgIpc) is 2.53. The van der Waals surface area contributed by atoms with Gasteiger partial charge in [-0.25, -0.2) is 0 Å². The first-order valence-electron chi connectivity index (χ1n) is 9.25. The summed E-state index contributed by atoms with van der Waals surface area (Å²) in [4.78, 5) is 17.2. The van der Waals surface area contributed by atoms with Crippen molar-refractivity contribution in [3.8, 4) is 17.2 Å². The highest BCUT2D eigenvalue weighted by Gasteiger charge is 2.12. The van der Waals surface area contributed by atoms with Crippen LogP contribution < -0.4 is 5.56 Å². The number of aryl methyl sites for hydroxylation is 1. The summed E-state index contributed by atoms with van der Waals surface area (Å²) in [7, 11) is 0. The molecule has 1 aromatic carbocycles. The minimum Gasteiger partial charge on any atom is -0.325 e. The highest BCUT2D eigenvalue weighted by molar-refractivity contribution is 5.70. The van der Waals surface area contributed by atoms with Gasteiger partial charge in [0.15, 0.2) is 0 Å². The maximum absolute atomic E-state index is 12.0. The molecule has 0 spiro atoms. The van der Waals surface area contributed by atoms with Crippen molar-refractivity contribution in [3.63, 3.8) is 0 Å². The van der Waals surface area contributed by atoms with Crippen molar-refractivity contribution in [2.45, 2.75) is 41.2 Å². The van der Waals surface area contributed by atoms with Crippen LogP contribution in [0.1, 0.15) is 44.5 Å². The molecule has 0 saturated carbocycles. The Morgan fingerprint density at radius 2 is 1.65 bits per heavy atom. The van der Waals surface area contributed by atoms with Gasteiger partial charge < -0.3 is 4.98 Å². The molecular weight excluding hydrogens is 322 g/mol. The first-order valence-corrected chi connectivity index (χ1v) is 9.25. The number of aromatic amines is 1. The Kier molecular flexibility index (Phi) is 6.76. The maximum Gasteiger partial charge on any atom is 0.266 e. The van der Waals surface area contributed by atoms with Gasteiger partial charge in [0.1, 0.15) is 11.6 Å². The molecule has 1 N–H and O–H groups in total. The number of H-pyrrole nitrogens is 1. The lowest BCUT2D eigenvalue weighted by Gasteiger charge is -2.26. The largest absolute Gasteiger partial charge is 0.325 e. The number of hydrogen-bond donors (Lipinski definition) is 1. The summed E-state index contributed by atoms with van der Waals surface area (Å²) in [5.74, 6) is 1.26. The van der Waals surface area contributed by atoms with Gasteiger partial charge in [-0.05, 0) is 36.0 Å². The van der Waals surface area contributed by atoms with E-state index in [0.29, 0.717) is 17.4 Å². The second kappa shape index (κ2) is 8.82. The van der Waals surface area contributed by atoms with E-state index in [1.54, 1.807) is 0 Å². The van der Waals surface area contributed by atoms with E-state index in [0.717, 1.165) is 30.9 Å². The predicted molar refractivity (Wildman–Crippen MR) is 107 cm³/mol. The van der Waals surface area contributed by atoms with Crippen molar-refractivity contribution in [3.05, 3.63) is 57.5 Å². The van der Waals surface area contributed by atoms with Crippen LogP contribution in [0.4, 0.5) is 0 Å². The van der Waals surface area contributed by atoms with Crippen LogP contribution in [0.3, 0.4) is 0 Å². The number of nitriles is 1. The summed E-state index contributed by atoms with van der Waals surface area (Å²) < 4.78 is 0. The molecule has 0 atom stereocenters. The maximum atomic E-state index is 12.0. The van der Waals surface area contributed by atoms with Crippen LogP contribution >= 0.6 is 0 Å². The fourth-order valence-corrected chi connectivity index (χ4v) is 3.31. The summed E-state index contributed by atoms with van der Waals surface area (Å²) in [5.41, 5.74) is 3.44. The third kappa shape index (κ3) is 5.31. The Hall–Kier alpha value is -2.38. The summed E-state index contributed by atoms with van der Waals surface area (Å²) in [6.07, 6.45) is 0. The number of rotatable bonds is 7. The van der Waals surface area contributed by atoms with Crippen molar-refractivity contribution in [2.24, 2.45) is 11.8 Å². The average molecular weight is 351 g/mol. The van der Waals surface area contributed by atoms with Gasteiger partial charge in [-0.2, -0.15) is 5.26 Å². The molecule has 0 saturated heterocycles. The predicted octanol–water partition coefficient (Wildman–Crippen LogP) is 4.34. The Morgan fingerprint density at radius 1 is 1.08 bits per heavy atom. The number of pyridine rings is 1. The molecule has 0 aliphatic heterocycles. The number of nitrogens with zero attached hydrogens (tertiary/aromatic N) is 2. The third-order valence-electron chi connectivity index (χ3n) is 4.20. The summed E-state index contributed by atoms with van der Waals surface area (Å²) in [5, 5.41) is 9.32. The van der Waals surface area contributed by atoms with Crippen LogP contribution in [0.5, 0.6) is 0 Å². The lowest BCUT2D eigenvalue weighted by molar-refractivity contribution is 0.211. The SMILES string of the molecule is Cc1cc(-c2ccc(CN(CC(C)C)CC(C)C)cc2)c(C#N)c(=O)[nH]1. The van der Waals surface area contributed by atoms with Gasteiger partial charge in [-0.3, -0.25) is 9.69 Å². The number of hydrogen-bond acceptors (Lipinski definition) is 3. The van der Waals surface area contributed by atoms with Crippen LogP contribution in [-0.4, -0.2) is 23.0 Å². The lowest BCUT2D eigenvalue weighted by Crippen LogP contribution is -2.30. The molecule has 26 heavy (non-hydrogen) atoms. The number of benzene rings is 1. The lowest BCUT2D eigenvalue weighted by atomic mass is 9.99. The molecule has 4 nitrogen and oxygen atoms in total. The normalized spacial score (nSPS) is 11.3. The smallest absolute Gasteiger partial charge is 0.266 e. The zero-order valence-corrected chi connectivity index (χ0v) is 16.5. The van der Waals surface area contributed by atoms with E-state index in [9.17, 15) is 10.1 Å².